The van der Waals surface area contributed by atoms with Gasteiger partial charge >= 0.3 is 0 Å². The van der Waals surface area contributed by atoms with Crippen molar-refractivity contribution in [2.75, 3.05) is 6.61 Å². The van der Waals surface area contributed by atoms with Crippen LogP contribution in [0.2, 0.25) is 0 Å². The summed E-state index contributed by atoms with van der Waals surface area (Å²) in [4.78, 5) is 12.5. The SMILES string of the molecule is CCCCCCCCCCC/C=C\CCCCCCCC(O)CC(=O)NC(CO)C(O)CCCCCCCCCCCCCCCCCCCCCCCCCC. The molecule has 1 amide bonds. The number of aliphatic hydroxyl groups excluding tert-OH is 3. The van der Waals surface area contributed by atoms with Crippen LogP contribution in [0.3, 0.4) is 0 Å². The summed E-state index contributed by atoms with van der Waals surface area (Å²) < 4.78 is 0. The van der Waals surface area contributed by atoms with Crippen molar-refractivity contribution in [1.82, 2.24) is 5.32 Å². The molecule has 0 aromatic heterocycles. The molecule has 0 aliphatic heterocycles. The third kappa shape index (κ3) is 44.5. The Morgan fingerprint density at radius 1 is 0.421 bits per heavy atom. The summed E-state index contributed by atoms with van der Waals surface area (Å²) in [6.45, 7) is 4.29. The topological polar surface area (TPSA) is 89.8 Å². The lowest BCUT2D eigenvalue weighted by molar-refractivity contribution is -0.125. The first-order chi connectivity index (χ1) is 28.0. The van der Waals surface area contributed by atoms with Crippen LogP contribution in [0, 0.1) is 0 Å². The zero-order valence-corrected chi connectivity index (χ0v) is 38.7. The number of hydrogen-bond donors (Lipinski definition) is 4. The maximum absolute atomic E-state index is 12.5. The zero-order chi connectivity index (χ0) is 41.5. The molecular weight excluding hydrogens is 703 g/mol. The molecule has 0 radical (unpaired) electrons. The van der Waals surface area contributed by atoms with Crippen molar-refractivity contribution >= 4 is 5.91 Å². The molecule has 3 atom stereocenters. The van der Waals surface area contributed by atoms with E-state index in [1.807, 2.05) is 0 Å². The lowest BCUT2D eigenvalue weighted by Gasteiger charge is -2.23. The van der Waals surface area contributed by atoms with E-state index in [2.05, 4.69) is 31.3 Å². The molecule has 0 aliphatic carbocycles. The largest absolute Gasteiger partial charge is 0.394 e. The Labute approximate surface area is 357 Å². The van der Waals surface area contributed by atoms with Gasteiger partial charge in [0.2, 0.25) is 5.91 Å². The summed E-state index contributed by atoms with van der Waals surface area (Å²) in [5.74, 6) is -0.283. The number of nitrogens with one attached hydrogen (secondary N) is 1. The van der Waals surface area contributed by atoms with E-state index in [-0.39, 0.29) is 18.9 Å². The molecule has 0 heterocycles. The molecule has 0 rings (SSSR count). The van der Waals surface area contributed by atoms with Crippen LogP contribution in [0.25, 0.3) is 0 Å². The Morgan fingerprint density at radius 2 is 0.702 bits per heavy atom. The molecule has 5 heteroatoms. The first-order valence-corrected chi connectivity index (χ1v) is 26.0. The van der Waals surface area contributed by atoms with Crippen molar-refractivity contribution in [3.05, 3.63) is 12.2 Å². The van der Waals surface area contributed by atoms with E-state index in [9.17, 15) is 20.1 Å². The average molecular weight is 806 g/mol. The fraction of sp³-hybridized carbons (Fsp3) is 0.942. The second-order valence-corrected chi connectivity index (χ2v) is 18.1. The van der Waals surface area contributed by atoms with E-state index < -0.39 is 18.2 Å². The van der Waals surface area contributed by atoms with Gasteiger partial charge in [-0.25, -0.2) is 0 Å². The average Bonchev–Trinajstić information content (AvgIpc) is 3.20. The lowest BCUT2D eigenvalue weighted by atomic mass is 10.0. The van der Waals surface area contributed by atoms with Crippen molar-refractivity contribution in [3.8, 4) is 0 Å². The van der Waals surface area contributed by atoms with Gasteiger partial charge in [0.15, 0.2) is 0 Å². The van der Waals surface area contributed by atoms with E-state index in [0.717, 1.165) is 32.1 Å². The van der Waals surface area contributed by atoms with E-state index >= 15 is 0 Å². The highest BCUT2D eigenvalue weighted by Gasteiger charge is 2.21. The molecule has 0 fully saturated rings. The van der Waals surface area contributed by atoms with E-state index in [1.165, 1.54) is 225 Å². The summed E-state index contributed by atoms with van der Waals surface area (Å²) in [5.41, 5.74) is 0. The molecule has 340 valence electrons. The fourth-order valence-electron chi connectivity index (χ4n) is 8.34. The molecule has 3 unspecified atom stereocenters. The Kier molecular flexibility index (Phi) is 47.0. The number of carbonyl (C=O) groups is 1. The minimum absolute atomic E-state index is 0.0342. The molecule has 0 spiro atoms. The predicted octanol–water partition coefficient (Wildman–Crippen LogP) is 15.6. The van der Waals surface area contributed by atoms with Crippen molar-refractivity contribution in [3.63, 3.8) is 0 Å². The van der Waals surface area contributed by atoms with Gasteiger partial charge in [-0.1, -0.05) is 257 Å². The first-order valence-electron chi connectivity index (χ1n) is 26.0. The number of amides is 1. The Morgan fingerprint density at radius 3 is 1.02 bits per heavy atom. The zero-order valence-electron chi connectivity index (χ0n) is 38.7. The van der Waals surface area contributed by atoms with Gasteiger partial charge in [-0.15, -0.1) is 0 Å². The standard InChI is InChI=1S/C52H103NO4/c1-3-5-7-9-11-13-15-17-19-21-23-24-25-26-27-28-30-32-34-36-38-40-42-44-46-51(56)50(48-54)53-52(57)47-49(55)45-43-41-39-37-35-33-31-29-22-20-18-16-14-12-10-8-6-4-2/h29,31,49-51,54-56H,3-28,30,32-48H2,1-2H3,(H,53,57)/b31-29-. The summed E-state index contributed by atoms with van der Waals surface area (Å²) in [7, 11) is 0. The van der Waals surface area contributed by atoms with Crippen LogP contribution in [0.4, 0.5) is 0 Å². The minimum atomic E-state index is -0.749. The number of hydrogen-bond acceptors (Lipinski definition) is 4. The summed E-state index contributed by atoms with van der Waals surface area (Å²) >= 11 is 0. The molecule has 4 N–H and O–H groups in total. The van der Waals surface area contributed by atoms with Gasteiger partial charge in [0.05, 0.1) is 31.3 Å². The third-order valence-electron chi connectivity index (χ3n) is 12.3. The summed E-state index contributed by atoms with van der Waals surface area (Å²) in [6, 6.07) is -0.659. The van der Waals surface area contributed by atoms with Crippen LogP contribution in [0.5, 0.6) is 0 Å². The molecule has 0 aromatic carbocycles. The maximum atomic E-state index is 12.5. The molecule has 0 saturated heterocycles. The Hall–Kier alpha value is -0.910. The van der Waals surface area contributed by atoms with Gasteiger partial charge in [0, 0.05) is 0 Å². The molecule has 0 aliphatic rings. The first kappa shape index (κ1) is 56.1. The van der Waals surface area contributed by atoms with Gasteiger partial charge < -0.3 is 20.6 Å². The van der Waals surface area contributed by atoms with Gasteiger partial charge in [-0.05, 0) is 38.5 Å². The smallest absolute Gasteiger partial charge is 0.222 e. The van der Waals surface area contributed by atoms with Crippen molar-refractivity contribution in [1.29, 1.82) is 0 Å². The third-order valence-corrected chi connectivity index (χ3v) is 12.3. The highest BCUT2D eigenvalue weighted by atomic mass is 16.3. The van der Waals surface area contributed by atoms with E-state index in [0.29, 0.717) is 12.8 Å². The van der Waals surface area contributed by atoms with Crippen molar-refractivity contribution in [2.24, 2.45) is 0 Å². The van der Waals surface area contributed by atoms with Gasteiger partial charge in [0.25, 0.3) is 0 Å². The molecule has 0 bridgehead atoms. The quantitative estimate of drug-likeness (QED) is 0.0364. The van der Waals surface area contributed by atoms with E-state index in [1.54, 1.807) is 0 Å². The highest BCUT2D eigenvalue weighted by Crippen LogP contribution is 2.17. The normalized spacial score (nSPS) is 13.4. The lowest BCUT2D eigenvalue weighted by Crippen LogP contribution is -2.46. The van der Waals surface area contributed by atoms with Crippen LogP contribution in [-0.4, -0.2) is 46.1 Å². The number of rotatable bonds is 48. The van der Waals surface area contributed by atoms with Crippen molar-refractivity contribution in [2.45, 2.75) is 308 Å². The monoisotopic (exact) mass is 806 g/mol. The Bertz CT molecular complexity index is 803. The van der Waals surface area contributed by atoms with Crippen molar-refractivity contribution < 1.29 is 20.1 Å². The number of allylic oxidation sites excluding steroid dienone is 2. The predicted molar refractivity (Wildman–Crippen MR) is 250 cm³/mol. The van der Waals surface area contributed by atoms with Gasteiger partial charge in [-0.2, -0.15) is 0 Å². The highest BCUT2D eigenvalue weighted by molar-refractivity contribution is 5.76. The minimum Gasteiger partial charge on any atom is -0.394 e. The summed E-state index contributed by atoms with van der Waals surface area (Å²) in [6.07, 6.45) is 57.8. The van der Waals surface area contributed by atoms with Crippen LogP contribution in [-0.2, 0) is 4.79 Å². The van der Waals surface area contributed by atoms with Crippen LogP contribution in [0.15, 0.2) is 12.2 Å². The molecule has 5 nitrogen and oxygen atoms in total. The Balaban J connectivity index is 3.54. The second kappa shape index (κ2) is 47.8. The maximum Gasteiger partial charge on any atom is 0.222 e. The fourth-order valence-corrected chi connectivity index (χ4v) is 8.34. The van der Waals surface area contributed by atoms with Gasteiger partial charge in [0.1, 0.15) is 0 Å². The summed E-state index contributed by atoms with van der Waals surface area (Å²) in [5, 5.41) is 33.6. The van der Waals surface area contributed by atoms with Gasteiger partial charge in [-0.3, -0.25) is 4.79 Å². The number of carbonyl (C=O) groups excluding carboxylic acids is 1. The molecule has 0 saturated carbocycles. The van der Waals surface area contributed by atoms with Crippen LogP contribution in [0.1, 0.15) is 290 Å². The van der Waals surface area contributed by atoms with Crippen LogP contribution < -0.4 is 5.32 Å². The molecule has 0 aromatic rings. The second-order valence-electron chi connectivity index (χ2n) is 18.1. The molecule has 57 heavy (non-hydrogen) atoms. The van der Waals surface area contributed by atoms with Crippen LogP contribution >= 0.6 is 0 Å². The molecular formula is C52H103NO4. The number of aliphatic hydroxyl groups is 3. The van der Waals surface area contributed by atoms with E-state index in [4.69, 9.17) is 0 Å². The number of unbranched alkanes of at least 4 members (excludes halogenated alkanes) is 37.